The Labute approximate surface area is 39.5 Å². The van der Waals surface area contributed by atoms with Crippen LogP contribution in [0.1, 0.15) is 13.3 Å². The van der Waals surface area contributed by atoms with E-state index in [1.54, 1.807) is 0 Å². The molecule has 0 aromatic carbocycles. The molecule has 0 aromatic rings. The molecular weight excluding hydrogens is 96.1 g/mol. The van der Waals surface area contributed by atoms with Gasteiger partial charge in [0.25, 0.3) is 0 Å². The van der Waals surface area contributed by atoms with Gasteiger partial charge in [-0.25, -0.2) is 0 Å². The molecule has 0 bridgehead atoms. The smallest absolute Gasteiger partial charge is 0.308 e. The van der Waals surface area contributed by atoms with E-state index < -0.39 is 10.0 Å². The van der Waals surface area contributed by atoms with Gasteiger partial charge in [0.2, 0.25) is 0 Å². The zero-order valence-corrected chi connectivity index (χ0v) is 5.22. The van der Waals surface area contributed by atoms with Gasteiger partial charge >= 0.3 is 10.0 Å². The van der Waals surface area contributed by atoms with Crippen LogP contribution < -0.4 is 0 Å². The van der Waals surface area contributed by atoms with Crippen molar-refractivity contribution in [1.82, 2.24) is 0 Å². The minimum Gasteiger partial charge on any atom is -0.373 e. The van der Waals surface area contributed by atoms with Crippen molar-refractivity contribution >= 4 is 10.0 Å². The van der Waals surface area contributed by atoms with Gasteiger partial charge in [-0.1, -0.05) is 6.92 Å². The number of hydrogen-bond acceptors (Lipinski definition) is 2. The van der Waals surface area contributed by atoms with Crippen molar-refractivity contribution in [2.24, 2.45) is 0 Å². The number of rotatable bonds is 1. The van der Waals surface area contributed by atoms with Crippen LogP contribution in [0.2, 0.25) is 0 Å². The highest BCUT2D eigenvalue weighted by atomic mass is 28.3. The van der Waals surface area contributed by atoms with Gasteiger partial charge in [0.1, 0.15) is 6.29 Å². The van der Waals surface area contributed by atoms with E-state index in [1.807, 2.05) is 0 Å². The third-order valence-electron chi connectivity index (χ3n) is 0.841. The molecule has 0 unspecified atom stereocenters. The summed E-state index contributed by atoms with van der Waals surface area (Å²) < 4.78 is 9.99. The van der Waals surface area contributed by atoms with Crippen LogP contribution in [-0.4, -0.2) is 16.3 Å². The minimum absolute atomic E-state index is 0.177. The van der Waals surface area contributed by atoms with Crippen LogP contribution >= 0.6 is 0 Å². The van der Waals surface area contributed by atoms with Crippen LogP contribution in [0.5, 0.6) is 0 Å². The maximum atomic E-state index is 5.00. The Morgan fingerprint density at radius 1 is 1.67 bits per heavy atom. The second-order valence-electron chi connectivity index (χ2n) is 1.29. The lowest BCUT2D eigenvalue weighted by atomic mass is 10.5. The van der Waals surface area contributed by atoms with Crippen molar-refractivity contribution in [2.75, 3.05) is 0 Å². The van der Waals surface area contributed by atoms with E-state index in [0.717, 1.165) is 6.42 Å². The van der Waals surface area contributed by atoms with Crippen LogP contribution in [0.3, 0.4) is 0 Å². The molecule has 1 aliphatic heterocycles. The molecule has 0 aliphatic carbocycles. The molecule has 0 radical (unpaired) electrons. The van der Waals surface area contributed by atoms with Crippen molar-refractivity contribution in [3.63, 3.8) is 0 Å². The average molecular weight is 104 g/mol. The maximum Gasteiger partial charge on any atom is 0.308 e. The highest BCUT2D eigenvalue weighted by molar-refractivity contribution is 6.20. The molecule has 1 rings (SSSR count). The van der Waals surface area contributed by atoms with Crippen LogP contribution in [0.25, 0.3) is 0 Å². The SMILES string of the molecule is CCC1O[SiH2]O1. The Hall–Kier alpha value is 0.137. The zero-order valence-electron chi connectivity index (χ0n) is 3.81. The molecule has 0 atom stereocenters. The molecule has 0 saturated carbocycles. The van der Waals surface area contributed by atoms with Crippen molar-refractivity contribution < 1.29 is 8.85 Å². The van der Waals surface area contributed by atoms with Gasteiger partial charge in [-0.15, -0.1) is 0 Å². The van der Waals surface area contributed by atoms with E-state index in [-0.39, 0.29) is 6.29 Å². The van der Waals surface area contributed by atoms with Gasteiger partial charge in [0, 0.05) is 0 Å². The summed E-state index contributed by atoms with van der Waals surface area (Å²) >= 11 is 0. The molecule has 2 nitrogen and oxygen atoms in total. The Bertz CT molecular complexity index is 41.3. The topological polar surface area (TPSA) is 18.5 Å². The zero-order chi connectivity index (χ0) is 4.41. The molecular formula is C3H8O2Si. The predicted molar refractivity (Wildman–Crippen MR) is 24.8 cm³/mol. The van der Waals surface area contributed by atoms with Crippen LogP contribution in [0.15, 0.2) is 0 Å². The molecule has 6 heavy (non-hydrogen) atoms. The molecule has 36 valence electrons. The summed E-state index contributed by atoms with van der Waals surface area (Å²) in [5, 5.41) is 0. The highest BCUT2D eigenvalue weighted by Crippen LogP contribution is 2.06. The first kappa shape index (κ1) is 4.30. The third kappa shape index (κ3) is 0.615. The van der Waals surface area contributed by atoms with E-state index in [9.17, 15) is 0 Å². The summed E-state index contributed by atoms with van der Waals surface area (Å²) in [5.41, 5.74) is 0. The van der Waals surface area contributed by atoms with Crippen LogP contribution in [0.4, 0.5) is 0 Å². The molecule has 1 saturated heterocycles. The monoisotopic (exact) mass is 104 g/mol. The fourth-order valence-corrected chi connectivity index (χ4v) is 1.20. The first-order valence-corrected chi connectivity index (χ1v) is 3.32. The van der Waals surface area contributed by atoms with Gasteiger partial charge in [-0.05, 0) is 6.42 Å². The fourth-order valence-electron chi connectivity index (χ4n) is 0.400. The van der Waals surface area contributed by atoms with Crippen LogP contribution in [0, 0.1) is 0 Å². The molecule has 0 aromatic heterocycles. The maximum absolute atomic E-state index is 5.00. The summed E-state index contributed by atoms with van der Waals surface area (Å²) in [6.07, 6.45) is 1.18. The summed E-state index contributed by atoms with van der Waals surface area (Å²) in [7, 11) is -0.453. The molecule has 0 amide bonds. The lowest BCUT2D eigenvalue weighted by Gasteiger charge is -2.25. The van der Waals surface area contributed by atoms with E-state index in [1.165, 1.54) is 0 Å². The minimum atomic E-state index is -0.453. The average Bonchev–Trinajstić information content (AvgIpc) is 1.31. The van der Waals surface area contributed by atoms with Crippen molar-refractivity contribution in [3.05, 3.63) is 0 Å². The predicted octanol–water partition coefficient (Wildman–Crippen LogP) is -0.232. The van der Waals surface area contributed by atoms with Gasteiger partial charge in [-0.2, -0.15) is 0 Å². The molecule has 1 fully saturated rings. The first-order chi connectivity index (χ1) is 2.93. The van der Waals surface area contributed by atoms with Gasteiger partial charge < -0.3 is 8.85 Å². The Morgan fingerprint density at radius 3 is 2.33 bits per heavy atom. The van der Waals surface area contributed by atoms with Crippen molar-refractivity contribution in [2.45, 2.75) is 19.6 Å². The first-order valence-electron chi connectivity index (χ1n) is 2.16. The van der Waals surface area contributed by atoms with Gasteiger partial charge in [0.15, 0.2) is 0 Å². The Balaban J connectivity index is 2.01. The standard InChI is InChI=1S/C3H8O2Si/c1-2-3-4-6-5-3/h3H,2,6H2,1H3. The fraction of sp³-hybridized carbons (Fsp3) is 1.00. The highest BCUT2D eigenvalue weighted by Gasteiger charge is 2.14. The Kier molecular flexibility index (Phi) is 1.24. The molecule has 0 spiro atoms. The van der Waals surface area contributed by atoms with Crippen molar-refractivity contribution in [3.8, 4) is 0 Å². The van der Waals surface area contributed by atoms with E-state index >= 15 is 0 Å². The van der Waals surface area contributed by atoms with Crippen LogP contribution in [-0.2, 0) is 8.85 Å². The summed E-state index contributed by atoms with van der Waals surface area (Å²) in [5.74, 6) is 0. The van der Waals surface area contributed by atoms with E-state index in [2.05, 4.69) is 6.92 Å². The Morgan fingerprint density at radius 2 is 2.33 bits per heavy atom. The molecule has 1 aliphatic rings. The third-order valence-corrected chi connectivity index (χ3v) is 1.86. The quantitative estimate of drug-likeness (QED) is 0.428. The molecule has 1 heterocycles. The van der Waals surface area contributed by atoms with Gasteiger partial charge in [-0.3, -0.25) is 0 Å². The summed E-state index contributed by atoms with van der Waals surface area (Å²) in [6.45, 7) is 2.05. The summed E-state index contributed by atoms with van der Waals surface area (Å²) in [4.78, 5) is 0. The normalized spacial score (nSPS) is 36.5. The van der Waals surface area contributed by atoms with Crippen molar-refractivity contribution in [1.29, 1.82) is 0 Å². The second-order valence-corrected chi connectivity index (χ2v) is 2.19. The molecule has 0 N–H and O–H groups in total. The molecule has 3 heteroatoms. The van der Waals surface area contributed by atoms with Gasteiger partial charge in [0.05, 0.1) is 0 Å². The second kappa shape index (κ2) is 1.73. The van der Waals surface area contributed by atoms with E-state index in [0.29, 0.717) is 0 Å². The lowest BCUT2D eigenvalue weighted by Crippen LogP contribution is -2.32. The lowest BCUT2D eigenvalue weighted by molar-refractivity contribution is -0.0967. The van der Waals surface area contributed by atoms with E-state index in [4.69, 9.17) is 8.85 Å². The summed E-state index contributed by atoms with van der Waals surface area (Å²) in [6, 6.07) is 0. The largest absolute Gasteiger partial charge is 0.373 e. The number of hydrogen-bond donors (Lipinski definition) is 0.